The van der Waals surface area contributed by atoms with Gasteiger partial charge in [0.25, 0.3) is 11.8 Å². The first-order chi connectivity index (χ1) is 14.8. The van der Waals surface area contributed by atoms with E-state index in [0.29, 0.717) is 12.8 Å². The number of hydrogen-bond acceptors (Lipinski definition) is 12. The van der Waals surface area contributed by atoms with Crippen LogP contribution in [-0.4, -0.2) is 72.7 Å². The third kappa shape index (κ3) is 5.26. The number of nitrogen functional groups attached to an aromatic ring is 1. The van der Waals surface area contributed by atoms with Crippen molar-refractivity contribution in [2.24, 2.45) is 5.16 Å². The van der Waals surface area contributed by atoms with Crippen LogP contribution in [-0.2, 0) is 19.2 Å². The maximum atomic E-state index is 12.9. The third-order valence-electron chi connectivity index (χ3n) is 4.79. The van der Waals surface area contributed by atoms with Crippen molar-refractivity contribution >= 4 is 51.9 Å². The molecular formula is C17H21N6NaO6S2. The topological polar surface area (TPSA) is 183 Å². The van der Waals surface area contributed by atoms with Crippen LogP contribution in [0.5, 0.6) is 0 Å². The molecule has 1 aromatic rings. The smallest absolute Gasteiger partial charge is 0.543 e. The summed E-state index contributed by atoms with van der Waals surface area (Å²) in [7, 11) is 0. The maximum absolute atomic E-state index is 12.9. The van der Waals surface area contributed by atoms with Gasteiger partial charge in [-0.2, -0.15) is 9.36 Å². The number of carboxylic acids is 1. The van der Waals surface area contributed by atoms with Crippen LogP contribution >= 0.6 is 23.3 Å². The molecule has 0 aromatic carbocycles. The molecule has 0 bridgehead atoms. The zero-order valence-corrected chi connectivity index (χ0v) is 21.4. The van der Waals surface area contributed by atoms with Crippen LogP contribution in [0.2, 0.25) is 0 Å². The fourth-order valence-electron chi connectivity index (χ4n) is 3.08. The van der Waals surface area contributed by atoms with Crippen molar-refractivity contribution in [3.63, 3.8) is 0 Å². The predicted octanol–water partition coefficient (Wildman–Crippen LogP) is -4.57. The molecule has 32 heavy (non-hydrogen) atoms. The van der Waals surface area contributed by atoms with Gasteiger partial charge >= 0.3 is 29.6 Å². The zero-order chi connectivity index (χ0) is 22.7. The minimum atomic E-state index is -1.56. The molecule has 1 fully saturated rings. The Morgan fingerprint density at radius 1 is 1.44 bits per heavy atom. The van der Waals surface area contributed by atoms with Gasteiger partial charge in [-0.3, -0.25) is 14.5 Å². The number of nitrogens with zero attached hydrogens (tertiary/aromatic N) is 4. The quantitative estimate of drug-likeness (QED) is 0.131. The standard InChI is InChI=1S/C17H22N6O6S2.Na/c1-3-8(4-2)29-21-9(12-20-17(18)31-22-12)13(25)19-10-14(26)23-11(16(27)28)7(5-24)6-30-15(10)23;/h8,10,15,24H,3-6H2,1-2H3,(H,19,25)(H,27,28)(H2,18,20,22);/q;+1/p-1/b21-9-;/t10-,15-;/m1./s1. The van der Waals surface area contributed by atoms with E-state index in [2.05, 4.69) is 19.8 Å². The van der Waals surface area contributed by atoms with Crippen molar-refractivity contribution in [3.8, 4) is 0 Å². The van der Waals surface area contributed by atoms with Gasteiger partial charge in [-0.05, 0) is 18.4 Å². The molecule has 0 radical (unpaired) electrons. The Kier molecular flexibility index (Phi) is 9.48. The molecule has 1 aromatic heterocycles. The van der Waals surface area contributed by atoms with E-state index in [-0.39, 0.29) is 69.4 Å². The van der Waals surface area contributed by atoms with Crippen LogP contribution in [0.3, 0.4) is 0 Å². The molecule has 0 unspecified atom stereocenters. The van der Waals surface area contributed by atoms with Crippen LogP contribution in [0.25, 0.3) is 0 Å². The molecule has 0 aliphatic carbocycles. The molecule has 2 amide bonds. The summed E-state index contributed by atoms with van der Waals surface area (Å²) in [4.78, 5) is 47.4. The number of carbonyl (C=O) groups is 3. The number of hydrogen-bond donors (Lipinski definition) is 3. The number of nitrogens with one attached hydrogen (secondary N) is 1. The number of aliphatic hydroxyl groups excluding tert-OH is 1. The van der Waals surface area contributed by atoms with Crippen LogP contribution in [0, 0.1) is 0 Å². The number of oxime groups is 1. The van der Waals surface area contributed by atoms with Gasteiger partial charge in [-0.15, -0.1) is 11.8 Å². The molecule has 3 heterocycles. The molecule has 4 N–H and O–H groups in total. The summed E-state index contributed by atoms with van der Waals surface area (Å²) in [6.45, 7) is 3.31. The van der Waals surface area contributed by atoms with Gasteiger partial charge in [0.15, 0.2) is 5.13 Å². The molecule has 1 saturated heterocycles. The van der Waals surface area contributed by atoms with E-state index in [1.165, 1.54) is 11.8 Å². The minimum absolute atomic E-state index is 0. The fraction of sp³-hybridized carbons (Fsp3) is 0.529. The number of aliphatic carboxylic acids is 1. The van der Waals surface area contributed by atoms with E-state index in [4.69, 9.17) is 10.6 Å². The molecule has 2 atom stereocenters. The van der Waals surface area contributed by atoms with Gasteiger partial charge in [0.1, 0.15) is 17.5 Å². The summed E-state index contributed by atoms with van der Waals surface area (Å²) in [6.07, 6.45) is 1.12. The van der Waals surface area contributed by atoms with Gasteiger partial charge < -0.3 is 30.9 Å². The number of aromatic nitrogens is 2. The summed E-state index contributed by atoms with van der Waals surface area (Å²) in [5.41, 5.74) is 5.19. The van der Waals surface area contributed by atoms with E-state index in [1.807, 2.05) is 13.8 Å². The molecule has 0 spiro atoms. The normalized spacial score (nSPS) is 20.4. The number of carbonyl (C=O) groups excluding carboxylic acids is 3. The van der Waals surface area contributed by atoms with E-state index in [9.17, 15) is 24.6 Å². The van der Waals surface area contributed by atoms with Crippen molar-refractivity contribution in [1.29, 1.82) is 0 Å². The SMILES string of the molecule is CCC(CC)O/N=C(\C(=O)N[C@@H]1C(=O)N2C(C(=O)[O-])=C(CO)CS[C@H]12)c1nsc(N)n1.[Na+]. The fourth-order valence-corrected chi connectivity index (χ4v) is 4.85. The van der Waals surface area contributed by atoms with Gasteiger partial charge in [-0.1, -0.05) is 19.0 Å². The number of amides is 2. The Bertz CT molecular complexity index is 950. The van der Waals surface area contributed by atoms with Crippen molar-refractivity contribution in [2.75, 3.05) is 18.1 Å². The number of fused-ring (bicyclic) bond motifs is 1. The first kappa shape index (κ1) is 26.5. The van der Waals surface area contributed by atoms with E-state index < -0.39 is 35.8 Å². The third-order valence-corrected chi connectivity index (χ3v) is 6.67. The zero-order valence-electron chi connectivity index (χ0n) is 17.7. The number of anilines is 1. The van der Waals surface area contributed by atoms with Gasteiger partial charge in [-0.25, -0.2) is 0 Å². The molecular weight excluding hydrogens is 471 g/mol. The summed E-state index contributed by atoms with van der Waals surface area (Å²) >= 11 is 2.10. The van der Waals surface area contributed by atoms with Gasteiger partial charge in [0.2, 0.25) is 11.5 Å². The van der Waals surface area contributed by atoms with Crippen LogP contribution < -0.4 is 45.7 Å². The summed E-state index contributed by atoms with van der Waals surface area (Å²) in [5.74, 6) is -2.81. The summed E-state index contributed by atoms with van der Waals surface area (Å²) < 4.78 is 3.99. The maximum Gasteiger partial charge on any atom is 1.00 e. The minimum Gasteiger partial charge on any atom is -0.543 e. The molecule has 168 valence electrons. The molecule has 12 nitrogen and oxygen atoms in total. The largest absolute Gasteiger partial charge is 1.00 e. The summed E-state index contributed by atoms with van der Waals surface area (Å²) in [6, 6.07) is -0.999. The average Bonchev–Trinajstić information content (AvgIpc) is 3.19. The molecule has 15 heteroatoms. The van der Waals surface area contributed by atoms with Crippen LogP contribution in [0.15, 0.2) is 16.4 Å². The Labute approximate surface area is 214 Å². The van der Waals surface area contributed by atoms with Crippen LogP contribution in [0.1, 0.15) is 32.5 Å². The number of nitrogens with two attached hydrogens (primary N) is 1. The van der Waals surface area contributed by atoms with Crippen molar-refractivity contribution < 1.29 is 59.0 Å². The Morgan fingerprint density at radius 3 is 2.66 bits per heavy atom. The van der Waals surface area contributed by atoms with Crippen molar-refractivity contribution in [3.05, 3.63) is 17.1 Å². The number of β-lactam (4-membered cyclic amide) rings is 1. The Hall–Kier alpha value is -1.71. The molecule has 3 rings (SSSR count). The second kappa shape index (κ2) is 11.4. The van der Waals surface area contributed by atoms with Crippen molar-refractivity contribution in [2.45, 2.75) is 44.2 Å². The number of carboxylic acid groups (broad SMARTS) is 1. The molecule has 2 aliphatic rings. The van der Waals surface area contributed by atoms with Crippen LogP contribution in [0.4, 0.5) is 5.13 Å². The molecule has 2 aliphatic heterocycles. The first-order valence-electron chi connectivity index (χ1n) is 9.45. The molecule has 0 saturated carbocycles. The van der Waals surface area contributed by atoms with E-state index in [0.717, 1.165) is 16.4 Å². The van der Waals surface area contributed by atoms with Crippen molar-refractivity contribution in [1.82, 2.24) is 19.6 Å². The number of aliphatic hydroxyl groups is 1. The first-order valence-corrected chi connectivity index (χ1v) is 11.3. The summed E-state index contributed by atoms with van der Waals surface area (Å²) in [5, 5.41) is 26.7. The second-order valence-electron chi connectivity index (χ2n) is 6.70. The Morgan fingerprint density at radius 2 is 2.12 bits per heavy atom. The second-order valence-corrected chi connectivity index (χ2v) is 8.59. The van der Waals surface area contributed by atoms with E-state index in [1.54, 1.807) is 0 Å². The Balaban J connectivity index is 0.00000363. The number of rotatable bonds is 9. The van der Waals surface area contributed by atoms with Gasteiger partial charge in [0.05, 0.1) is 18.3 Å². The number of thioether (sulfide) groups is 1. The average molecular weight is 493 g/mol. The van der Waals surface area contributed by atoms with Gasteiger partial charge in [0, 0.05) is 17.3 Å². The monoisotopic (exact) mass is 492 g/mol. The van der Waals surface area contributed by atoms with E-state index >= 15 is 0 Å². The predicted molar refractivity (Wildman–Crippen MR) is 110 cm³/mol.